The van der Waals surface area contributed by atoms with Crippen molar-refractivity contribution in [1.82, 2.24) is 4.57 Å². The molecule has 2 heterocycles. The molecular weight excluding hydrogens is 362 g/mol. The quantitative estimate of drug-likeness (QED) is 0.631. The van der Waals surface area contributed by atoms with E-state index in [1.165, 1.54) is 29.4 Å². The van der Waals surface area contributed by atoms with Crippen LogP contribution in [0.5, 0.6) is 11.5 Å². The van der Waals surface area contributed by atoms with Gasteiger partial charge in [-0.05, 0) is 67.1 Å². The van der Waals surface area contributed by atoms with Gasteiger partial charge < -0.3 is 14.0 Å². The largest absolute Gasteiger partial charge is 0.454 e. The number of ether oxygens (including phenoxy) is 2. The zero-order chi connectivity index (χ0) is 19.8. The number of aryl methyl sites for hydroxylation is 1. The first-order valence-corrected chi connectivity index (χ1v) is 10.5. The smallest absolute Gasteiger partial charge is 0.231 e. The van der Waals surface area contributed by atoms with Crippen LogP contribution in [0, 0.1) is 0 Å². The summed E-state index contributed by atoms with van der Waals surface area (Å²) in [7, 11) is 2.16. The topological polar surface area (TPSA) is 40.5 Å². The third kappa shape index (κ3) is 2.54. The lowest BCUT2D eigenvalue weighted by molar-refractivity contribution is -0.120. The van der Waals surface area contributed by atoms with Gasteiger partial charge in [0.15, 0.2) is 11.5 Å². The highest BCUT2D eigenvalue weighted by Gasteiger charge is 2.50. The third-order valence-electron chi connectivity index (χ3n) is 7.30. The molecule has 1 aliphatic heterocycles. The molecule has 2 saturated carbocycles. The molecule has 29 heavy (non-hydrogen) atoms. The number of hydrogen-bond donors (Lipinski definition) is 0. The van der Waals surface area contributed by atoms with Crippen LogP contribution in [-0.4, -0.2) is 17.1 Å². The van der Waals surface area contributed by atoms with E-state index >= 15 is 0 Å². The molecule has 4 nitrogen and oxygen atoms in total. The van der Waals surface area contributed by atoms with Gasteiger partial charge in [0, 0.05) is 35.5 Å². The summed E-state index contributed by atoms with van der Waals surface area (Å²) in [5, 5.41) is 1.24. The Labute approximate surface area is 170 Å². The minimum atomic E-state index is -0.348. The fourth-order valence-corrected chi connectivity index (χ4v) is 4.93. The number of nitrogens with zero attached hydrogens (tertiary/aromatic N) is 1. The van der Waals surface area contributed by atoms with Crippen molar-refractivity contribution in [1.29, 1.82) is 0 Å². The lowest BCUT2D eigenvalue weighted by Gasteiger charge is -2.15. The summed E-state index contributed by atoms with van der Waals surface area (Å²) in [5.41, 5.74) is 4.82. The van der Waals surface area contributed by atoms with Crippen molar-refractivity contribution in [2.45, 2.75) is 49.9 Å². The minimum Gasteiger partial charge on any atom is -0.454 e. The summed E-state index contributed by atoms with van der Waals surface area (Å²) in [6.07, 6.45) is 4.84. The standard InChI is InChI=1S/C25H25NO3/c1-24(7-8-24)22-13-17-11-16(3-5-19(17)26(22)2)12-23(27)25(9-10-25)18-4-6-20-21(14-18)29-15-28-20/h3-6,11,13-14H,7-10,12,15H2,1-2H3. The van der Waals surface area contributed by atoms with E-state index in [4.69, 9.17) is 9.47 Å². The van der Waals surface area contributed by atoms with E-state index in [0.29, 0.717) is 17.6 Å². The molecule has 3 aliphatic rings. The Morgan fingerprint density at radius 3 is 2.55 bits per heavy atom. The second-order valence-electron chi connectivity index (χ2n) is 9.29. The Bertz CT molecular complexity index is 1160. The Morgan fingerprint density at radius 2 is 1.79 bits per heavy atom. The number of rotatable bonds is 5. The lowest BCUT2D eigenvalue weighted by Crippen LogP contribution is -2.22. The summed E-state index contributed by atoms with van der Waals surface area (Å²) in [5.74, 6) is 1.83. The second-order valence-corrected chi connectivity index (χ2v) is 9.29. The van der Waals surface area contributed by atoms with Gasteiger partial charge >= 0.3 is 0 Å². The van der Waals surface area contributed by atoms with Crippen LogP contribution in [0.2, 0.25) is 0 Å². The molecule has 0 atom stereocenters. The maximum atomic E-state index is 13.3. The molecule has 0 spiro atoms. The predicted molar refractivity (Wildman–Crippen MR) is 112 cm³/mol. The molecule has 6 rings (SSSR count). The number of hydrogen-bond acceptors (Lipinski definition) is 3. The van der Waals surface area contributed by atoms with Crippen molar-refractivity contribution in [2.24, 2.45) is 7.05 Å². The van der Waals surface area contributed by atoms with E-state index in [-0.39, 0.29) is 12.2 Å². The maximum Gasteiger partial charge on any atom is 0.231 e. The number of fused-ring (bicyclic) bond motifs is 2. The van der Waals surface area contributed by atoms with Gasteiger partial charge in [-0.2, -0.15) is 0 Å². The van der Waals surface area contributed by atoms with Crippen LogP contribution in [0.3, 0.4) is 0 Å². The van der Waals surface area contributed by atoms with Crippen molar-refractivity contribution in [3.05, 3.63) is 59.3 Å². The van der Waals surface area contributed by atoms with Crippen molar-refractivity contribution in [2.75, 3.05) is 6.79 Å². The van der Waals surface area contributed by atoms with E-state index in [1.54, 1.807) is 0 Å². The van der Waals surface area contributed by atoms with E-state index < -0.39 is 0 Å². The van der Waals surface area contributed by atoms with Gasteiger partial charge in [0.25, 0.3) is 0 Å². The van der Waals surface area contributed by atoms with Crippen LogP contribution in [0.15, 0.2) is 42.5 Å². The molecule has 148 valence electrons. The zero-order valence-corrected chi connectivity index (χ0v) is 17.0. The SMILES string of the molecule is Cn1c(C2(C)CC2)cc2cc(CC(=O)C3(c4ccc5c(c4)OCO5)CC3)ccc21. The molecule has 0 amide bonds. The van der Waals surface area contributed by atoms with Gasteiger partial charge in [-0.25, -0.2) is 0 Å². The average molecular weight is 387 g/mol. The fourth-order valence-electron chi connectivity index (χ4n) is 4.93. The Morgan fingerprint density at radius 1 is 1.00 bits per heavy atom. The minimum absolute atomic E-state index is 0.262. The molecule has 2 aliphatic carbocycles. The molecular formula is C25H25NO3. The van der Waals surface area contributed by atoms with Crippen LogP contribution >= 0.6 is 0 Å². The number of benzene rings is 2. The van der Waals surface area contributed by atoms with Crippen molar-refractivity contribution in [3.8, 4) is 11.5 Å². The monoisotopic (exact) mass is 387 g/mol. The Balaban J connectivity index is 1.29. The summed E-state index contributed by atoms with van der Waals surface area (Å²) < 4.78 is 13.3. The first-order valence-electron chi connectivity index (χ1n) is 10.5. The number of aromatic nitrogens is 1. The van der Waals surface area contributed by atoms with Crippen LogP contribution in [0.1, 0.15) is 49.4 Å². The number of carbonyl (C=O) groups is 1. The lowest BCUT2D eigenvalue weighted by atomic mass is 9.87. The molecule has 2 aromatic carbocycles. The summed E-state index contributed by atoms with van der Waals surface area (Å²) in [6.45, 7) is 2.60. The molecule has 4 heteroatoms. The molecule has 2 fully saturated rings. The third-order valence-corrected chi connectivity index (χ3v) is 7.30. The van der Waals surface area contributed by atoms with Gasteiger partial charge in [0.1, 0.15) is 5.78 Å². The number of ketones is 1. The zero-order valence-electron chi connectivity index (χ0n) is 17.0. The fraction of sp³-hybridized carbons (Fsp3) is 0.400. The number of carbonyl (C=O) groups excluding carboxylic acids is 1. The summed E-state index contributed by atoms with van der Waals surface area (Å²) in [6, 6.07) is 14.8. The van der Waals surface area contributed by atoms with Crippen molar-refractivity contribution < 1.29 is 14.3 Å². The second kappa shape index (κ2) is 5.65. The van der Waals surface area contributed by atoms with Crippen molar-refractivity contribution in [3.63, 3.8) is 0 Å². The maximum absolute atomic E-state index is 13.3. The van der Waals surface area contributed by atoms with Crippen molar-refractivity contribution >= 4 is 16.7 Å². The highest BCUT2D eigenvalue weighted by atomic mass is 16.7. The van der Waals surface area contributed by atoms with Crippen LogP contribution in [0.4, 0.5) is 0 Å². The molecule has 0 unspecified atom stereocenters. The molecule has 0 bridgehead atoms. The van der Waals surface area contributed by atoms with E-state index in [2.05, 4.69) is 42.8 Å². The Hall–Kier alpha value is -2.75. The van der Waals surface area contributed by atoms with E-state index in [9.17, 15) is 4.79 Å². The predicted octanol–water partition coefficient (Wildman–Crippen LogP) is 4.80. The molecule has 3 aromatic rings. The van der Waals surface area contributed by atoms with Gasteiger partial charge in [-0.3, -0.25) is 4.79 Å². The highest BCUT2D eigenvalue weighted by molar-refractivity contribution is 5.95. The first-order chi connectivity index (χ1) is 14.0. The molecule has 0 N–H and O–H groups in total. The molecule has 0 radical (unpaired) electrons. The molecule has 1 aromatic heterocycles. The van der Waals surface area contributed by atoms with Crippen LogP contribution in [-0.2, 0) is 29.1 Å². The number of Topliss-reactive ketones (excluding diaryl/α,β-unsaturated/α-hetero) is 1. The van der Waals surface area contributed by atoms with Gasteiger partial charge in [-0.15, -0.1) is 0 Å². The normalized spacial score (nSPS) is 20.1. The summed E-state index contributed by atoms with van der Waals surface area (Å²) in [4.78, 5) is 13.3. The van der Waals surface area contributed by atoms with Gasteiger partial charge in [0.05, 0.1) is 5.41 Å². The van der Waals surface area contributed by atoms with E-state index in [0.717, 1.165) is 35.5 Å². The average Bonchev–Trinajstić information content (AvgIpc) is 3.60. The van der Waals surface area contributed by atoms with Gasteiger partial charge in [-0.1, -0.05) is 19.1 Å². The highest BCUT2D eigenvalue weighted by Crippen LogP contribution is 2.52. The van der Waals surface area contributed by atoms with Crippen LogP contribution in [0.25, 0.3) is 10.9 Å². The van der Waals surface area contributed by atoms with Gasteiger partial charge in [0.2, 0.25) is 6.79 Å². The van der Waals surface area contributed by atoms with E-state index in [1.807, 2.05) is 18.2 Å². The molecule has 0 saturated heterocycles. The first kappa shape index (κ1) is 17.1. The van der Waals surface area contributed by atoms with Crippen LogP contribution < -0.4 is 9.47 Å². The Kier molecular flexibility index (Phi) is 3.34. The summed E-state index contributed by atoms with van der Waals surface area (Å²) >= 11 is 0.